The quantitative estimate of drug-likeness (QED) is 0.596. The van der Waals surface area contributed by atoms with Crippen molar-refractivity contribution in [3.8, 4) is 5.75 Å². The summed E-state index contributed by atoms with van der Waals surface area (Å²) in [6.07, 6.45) is 3.07. The molecule has 1 saturated carbocycles. The molecule has 3 N–H and O–H groups in total. The second kappa shape index (κ2) is 11.7. The molecule has 0 radical (unpaired) electrons. The van der Waals surface area contributed by atoms with Crippen LogP contribution in [0.15, 0.2) is 54.6 Å². The van der Waals surface area contributed by atoms with Crippen molar-refractivity contribution in [2.24, 2.45) is 5.92 Å². The van der Waals surface area contributed by atoms with Gasteiger partial charge in [0.2, 0.25) is 0 Å². The summed E-state index contributed by atoms with van der Waals surface area (Å²) in [6, 6.07) is 18.8. The van der Waals surface area contributed by atoms with Gasteiger partial charge < -0.3 is 25.2 Å². The molecule has 1 aliphatic heterocycles. The third-order valence-corrected chi connectivity index (χ3v) is 6.10. The molecule has 1 heterocycles. The second-order valence-corrected chi connectivity index (χ2v) is 8.11. The number of hydrogen-bond acceptors (Lipinski definition) is 5. The van der Waals surface area contributed by atoms with Crippen LogP contribution in [0.25, 0.3) is 0 Å². The van der Waals surface area contributed by atoms with Crippen LogP contribution in [-0.2, 0) is 11.3 Å². The number of morpholine rings is 1. The lowest BCUT2D eigenvalue weighted by molar-refractivity contribution is 0.0513. The first kappa shape index (κ1) is 23.0. The molecular weight excluding hydrogens is 400 g/mol. The van der Waals surface area contributed by atoms with Crippen LogP contribution in [0.2, 0.25) is 0 Å². The Kier molecular flexibility index (Phi) is 8.97. The summed E-state index contributed by atoms with van der Waals surface area (Å²) in [6.45, 7) is 3.62. The van der Waals surface area contributed by atoms with Crippen LogP contribution in [-0.4, -0.2) is 43.5 Å². The van der Waals surface area contributed by atoms with E-state index in [2.05, 4.69) is 10.6 Å². The summed E-state index contributed by atoms with van der Waals surface area (Å²) in [5.74, 6) is 1.36. The average molecular weight is 433 g/mol. The molecular formula is C24H33ClN2O3. The zero-order valence-corrected chi connectivity index (χ0v) is 18.2. The fraction of sp³-hybridized carbons (Fsp3) is 0.500. The molecule has 2 aromatic carbocycles. The van der Waals surface area contributed by atoms with Crippen LogP contribution >= 0.6 is 12.4 Å². The van der Waals surface area contributed by atoms with Gasteiger partial charge in [-0.15, -0.1) is 12.4 Å². The van der Waals surface area contributed by atoms with E-state index in [-0.39, 0.29) is 12.4 Å². The van der Waals surface area contributed by atoms with Crippen LogP contribution in [0.3, 0.4) is 0 Å². The molecule has 4 rings (SSSR count). The Morgan fingerprint density at radius 1 is 1.13 bits per heavy atom. The Morgan fingerprint density at radius 3 is 2.80 bits per heavy atom. The SMILES string of the molecule is Cl.OC(CNC1CCCC1C1COCCN1)c1cccc(OCc2ccccc2)c1. The fourth-order valence-electron chi connectivity index (χ4n) is 4.52. The average Bonchev–Trinajstić information content (AvgIpc) is 3.26. The van der Waals surface area contributed by atoms with E-state index in [0.717, 1.165) is 43.1 Å². The lowest BCUT2D eigenvalue weighted by Gasteiger charge is -2.33. The van der Waals surface area contributed by atoms with Gasteiger partial charge in [-0.25, -0.2) is 0 Å². The Hall–Kier alpha value is -1.63. The number of hydrogen-bond donors (Lipinski definition) is 3. The number of nitrogens with one attached hydrogen (secondary N) is 2. The number of aliphatic hydroxyl groups is 1. The Morgan fingerprint density at radius 2 is 2.00 bits per heavy atom. The Labute approximate surface area is 185 Å². The van der Waals surface area contributed by atoms with E-state index in [1.54, 1.807) is 0 Å². The monoisotopic (exact) mass is 432 g/mol. The van der Waals surface area contributed by atoms with Gasteiger partial charge >= 0.3 is 0 Å². The van der Waals surface area contributed by atoms with E-state index in [4.69, 9.17) is 9.47 Å². The molecule has 5 nitrogen and oxygen atoms in total. The number of ether oxygens (including phenoxy) is 2. The minimum atomic E-state index is -0.549. The molecule has 1 aliphatic carbocycles. The van der Waals surface area contributed by atoms with Gasteiger partial charge in [-0.2, -0.15) is 0 Å². The summed E-state index contributed by atoms with van der Waals surface area (Å²) < 4.78 is 11.6. The van der Waals surface area contributed by atoms with Gasteiger partial charge in [0.1, 0.15) is 12.4 Å². The van der Waals surface area contributed by atoms with Crippen LogP contribution in [0, 0.1) is 5.92 Å². The van der Waals surface area contributed by atoms with Crippen molar-refractivity contribution < 1.29 is 14.6 Å². The first-order chi connectivity index (χ1) is 14.3. The summed E-state index contributed by atoms with van der Waals surface area (Å²) in [4.78, 5) is 0. The number of aliphatic hydroxyl groups excluding tert-OH is 1. The summed E-state index contributed by atoms with van der Waals surface area (Å²) in [7, 11) is 0. The smallest absolute Gasteiger partial charge is 0.120 e. The molecule has 1 saturated heterocycles. The van der Waals surface area contributed by atoms with E-state index in [0.29, 0.717) is 31.2 Å². The molecule has 0 amide bonds. The summed E-state index contributed by atoms with van der Waals surface area (Å²) in [5, 5.41) is 17.9. The van der Waals surface area contributed by atoms with Crippen molar-refractivity contribution in [3.63, 3.8) is 0 Å². The molecule has 0 spiro atoms. The van der Waals surface area contributed by atoms with Gasteiger partial charge in [0.15, 0.2) is 0 Å². The normalized spacial score (nSPS) is 24.8. The molecule has 2 aliphatic rings. The Balaban J connectivity index is 0.00000256. The number of halogens is 1. The van der Waals surface area contributed by atoms with Gasteiger partial charge in [-0.05, 0) is 42.0 Å². The van der Waals surface area contributed by atoms with E-state index >= 15 is 0 Å². The van der Waals surface area contributed by atoms with E-state index < -0.39 is 6.10 Å². The highest BCUT2D eigenvalue weighted by molar-refractivity contribution is 5.85. The molecule has 6 heteroatoms. The van der Waals surface area contributed by atoms with Gasteiger partial charge in [0.05, 0.1) is 19.3 Å². The molecule has 4 atom stereocenters. The van der Waals surface area contributed by atoms with Crippen LogP contribution in [0.4, 0.5) is 0 Å². The Bertz CT molecular complexity index is 755. The van der Waals surface area contributed by atoms with Crippen molar-refractivity contribution in [2.45, 2.75) is 44.1 Å². The van der Waals surface area contributed by atoms with Crippen molar-refractivity contribution in [1.82, 2.24) is 10.6 Å². The fourth-order valence-corrected chi connectivity index (χ4v) is 4.52. The maximum Gasteiger partial charge on any atom is 0.120 e. The van der Waals surface area contributed by atoms with Crippen LogP contribution in [0.5, 0.6) is 5.75 Å². The van der Waals surface area contributed by atoms with Crippen LogP contribution < -0.4 is 15.4 Å². The summed E-state index contributed by atoms with van der Waals surface area (Å²) >= 11 is 0. The highest BCUT2D eigenvalue weighted by atomic mass is 35.5. The second-order valence-electron chi connectivity index (χ2n) is 8.11. The van der Waals surface area contributed by atoms with E-state index in [1.807, 2.05) is 54.6 Å². The standard InChI is InChI=1S/C24H32N2O3.ClH/c27-24(15-26-22-11-5-10-21(22)23-17-28-13-12-25-23)19-8-4-9-20(14-19)29-16-18-6-2-1-3-7-18;/h1-4,6-9,14,21-27H,5,10-13,15-17H2;1H. The topological polar surface area (TPSA) is 62.8 Å². The minimum Gasteiger partial charge on any atom is -0.489 e. The minimum absolute atomic E-state index is 0. The molecule has 164 valence electrons. The maximum absolute atomic E-state index is 10.7. The molecule has 2 fully saturated rings. The van der Waals surface area contributed by atoms with Gasteiger partial charge in [0, 0.05) is 25.2 Å². The van der Waals surface area contributed by atoms with E-state index in [1.165, 1.54) is 12.8 Å². The van der Waals surface area contributed by atoms with Crippen molar-refractivity contribution in [3.05, 3.63) is 65.7 Å². The van der Waals surface area contributed by atoms with Crippen molar-refractivity contribution in [1.29, 1.82) is 0 Å². The molecule has 4 unspecified atom stereocenters. The zero-order valence-electron chi connectivity index (χ0n) is 17.3. The van der Waals surface area contributed by atoms with Gasteiger partial charge in [0.25, 0.3) is 0 Å². The van der Waals surface area contributed by atoms with Crippen molar-refractivity contribution >= 4 is 12.4 Å². The molecule has 0 bridgehead atoms. The zero-order chi connectivity index (χ0) is 19.9. The highest BCUT2D eigenvalue weighted by Gasteiger charge is 2.34. The van der Waals surface area contributed by atoms with Gasteiger partial charge in [-0.1, -0.05) is 48.9 Å². The first-order valence-electron chi connectivity index (χ1n) is 10.8. The molecule has 0 aromatic heterocycles. The van der Waals surface area contributed by atoms with Gasteiger partial charge in [-0.3, -0.25) is 0 Å². The highest BCUT2D eigenvalue weighted by Crippen LogP contribution is 2.30. The van der Waals surface area contributed by atoms with E-state index in [9.17, 15) is 5.11 Å². The molecule has 30 heavy (non-hydrogen) atoms. The van der Waals surface area contributed by atoms with Crippen LogP contribution in [0.1, 0.15) is 36.5 Å². The predicted molar refractivity (Wildman–Crippen MR) is 121 cm³/mol. The number of benzene rings is 2. The lowest BCUT2D eigenvalue weighted by atomic mass is 9.93. The third-order valence-electron chi connectivity index (χ3n) is 6.10. The van der Waals surface area contributed by atoms with Crippen molar-refractivity contribution in [2.75, 3.05) is 26.3 Å². The molecule has 2 aromatic rings. The number of rotatable bonds is 8. The predicted octanol–water partition coefficient (Wildman–Crippen LogP) is 3.47. The lowest BCUT2D eigenvalue weighted by Crippen LogP contribution is -2.51. The maximum atomic E-state index is 10.7. The summed E-state index contributed by atoms with van der Waals surface area (Å²) in [5.41, 5.74) is 2.02. The largest absolute Gasteiger partial charge is 0.489 e. The first-order valence-corrected chi connectivity index (χ1v) is 10.8. The third kappa shape index (κ3) is 6.19.